The summed E-state index contributed by atoms with van der Waals surface area (Å²) >= 11 is 0. The number of aromatic nitrogens is 2. The summed E-state index contributed by atoms with van der Waals surface area (Å²) in [6.45, 7) is 8.62. The van der Waals surface area contributed by atoms with Crippen LogP contribution in [0.2, 0.25) is 0 Å². The first-order chi connectivity index (χ1) is 15.4. The molecule has 164 valence electrons. The minimum Gasteiger partial charge on any atom is -0.398 e. The SMILES string of the molecule is C=C(Nc1ccc(C(=O)NCCC)cc1)c1c(/C=C(\N)c2cnccc2C)cc[nH]c1=O. The summed E-state index contributed by atoms with van der Waals surface area (Å²) in [6, 6.07) is 10.6. The molecule has 1 amide bonds. The van der Waals surface area contributed by atoms with Gasteiger partial charge in [0.1, 0.15) is 0 Å². The number of anilines is 1. The highest BCUT2D eigenvalue weighted by atomic mass is 16.1. The summed E-state index contributed by atoms with van der Waals surface area (Å²) in [6.07, 6.45) is 7.58. The third-order valence-corrected chi connectivity index (χ3v) is 4.93. The molecule has 3 rings (SSSR count). The first-order valence-electron chi connectivity index (χ1n) is 10.3. The third kappa shape index (κ3) is 5.31. The molecular weight excluding hydrogens is 402 g/mol. The molecule has 0 fully saturated rings. The molecule has 0 saturated heterocycles. The van der Waals surface area contributed by atoms with Crippen LogP contribution >= 0.6 is 0 Å². The molecule has 1 aromatic carbocycles. The van der Waals surface area contributed by atoms with Gasteiger partial charge in [0.15, 0.2) is 0 Å². The second-order valence-corrected chi connectivity index (χ2v) is 7.36. The fourth-order valence-corrected chi connectivity index (χ4v) is 3.22. The van der Waals surface area contributed by atoms with Gasteiger partial charge in [0.25, 0.3) is 11.5 Å². The molecule has 0 radical (unpaired) electrons. The van der Waals surface area contributed by atoms with E-state index in [2.05, 4.69) is 27.2 Å². The number of aromatic amines is 1. The van der Waals surface area contributed by atoms with Gasteiger partial charge in [0.2, 0.25) is 0 Å². The van der Waals surface area contributed by atoms with Crippen molar-refractivity contribution in [2.45, 2.75) is 20.3 Å². The Labute approximate surface area is 187 Å². The molecule has 0 saturated carbocycles. The van der Waals surface area contributed by atoms with Crippen molar-refractivity contribution >= 4 is 29.1 Å². The normalized spacial score (nSPS) is 11.1. The number of carbonyl (C=O) groups is 1. The van der Waals surface area contributed by atoms with Crippen LogP contribution in [0.25, 0.3) is 17.5 Å². The van der Waals surface area contributed by atoms with Gasteiger partial charge in [0, 0.05) is 53.3 Å². The maximum atomic E-state index is 12.6. The number of rotatable bonds is 8. The molecule has 0 aliphatic heterocycles. The average Bonchev–Trinajstić information content (AvgIpc) is 2.78. The Balaban J connectivity index is 1.85. The van der Waals surface area contributed by atoms with Gasteiger partial charge < -0.3 is 21.4 Å². The van der Waals surface area contributed by atoms with E-state index in [1.165, 1.54) is 0 Å². The van der Waals surface area contributed by atoms with Gasteiger partial charge in [0.05, 0.1) is 5.56 Å². The number of hydrogen-bond donors (Lipinski definition) is 4. The van der Waals surface area contributed by atoms with E-state index in [1.54, 1.807) is 55.0 Å². The molecule has 0 aliphatic rings. The number of hydrogen-bond acceptors (Lipinski definition) is 5. The molecule has 0 atom stereocenters. The Morgan fingerprint density at radius 3 is 2.66 bits per heavy atom. The molecule has 0 bridgehead atoms. The summed E-state index contributed by atoms with van der Waals surface area (Å²) in [5, 5.41) is 5.98. The number of pyridine rings is 2. The van der Waals surface area contributed by atoms with Crippen LogP contribution in [0.5, 0.6) is 0 Å². The second kappa shape index (κ2) is 10.3. The van der Waals surface area contributed by atoms with Crippen LogP contribution in [0.3, 0.4) is 0 Å². The topological polar surface area (TPSA) is 113 Å². The van der Waals surface area contributed by atoms with Crippen LogP contribution in [0.4, 0.5) is 5.69 Å². The maximum Gasteiger partial charge on any atom is 0.257 e. The minimum absolute atomic E-state index is 0.120. The van der Waals surface area contributed by atoms with Crippen molar-refractivity contribution < 1.29 is 4.79 Å². The van der Waals surface area contributed by atoms with Gasteiger partial charge in [-0.05, 0) is 66.9 Å². The number of nitrogens with two attached hydrogens (primary N) is 1. The lowest BCUT2D eigenvalue weighted by Gasteiger charge is -2.13. The Bertz CT molecular complexity index is 1210. The van der Waals surface area contributed by atoms with E-state index in [1.807, 2.05) is 19.9 Å². The summed E-state index contributed by atoms with van der Waals surface area (Å²) in [5.74, 6) is -0.120. The van der Waals surface area contributed by atoms with Crippen LogP contribution in [0.1, 0.15) is 46.0 Å². The van der Waals surface area contributed by atoms with E-state index in [9.17, 15) is 9.59 Å². The molecule has 3 aromatic rings. The van der Waals surface area contributed by atoms with Crippen LogP contribution < -0.4 is 21.9 Å². The monoisotopic (exact) mass is 429 g/mol. The Hall–Kier alpha value is -4.13. The van der Waals surface area contributed by atoms with Gasteiger partial charge in [-0.25, -0.2) is 0 Å². The van der Waals surface area contributed by atoms with E-state index in [-0.39, 0.29) is 11.5 Å². The molecule has 0 spiro atoms. The van der Waals surface area contributed by atoms with Crippen LogP contribution in [0, 0.1) is 6.92 Å². The molecule has 32 heavy (non-hydrogen) atoms. The number of carbonyl (C=O) groups excluding carboxylic acids is 1. The Kier molecular flexibility index (Phi) is 7.23. The maximum absolute atomic E-state index is 12.6. The highest BCUT2D eigenvalue weighted by Crippen LogP contribution is 2.22. The second-order valence-electron chi connectivity index (χ2n) is 7.36. The third-order valence-electron chi connectivity index (χ3n) is 4.93. The van der Waals surface area contributed by atoms with E-state index in [0.717, 1.165) is 17.5 Å². The predicted octanol–water partition coefficient (Wildman–Crippen LogP) is 3.76. The number of H-pyrrole nitrogens is 1. The first-order valence-corrected chi connectivity index (χ1v) is 10.3. The molecule has 2 aromatic heterocycles. The van der Waals surface area contributed by atoms with Crippen molar-refractivity contribution in [2.75, 3.05) is 11.9 Å². The fourth-order valence-electron chi connectivity index (χ4n) is 3.22. The van der Waals surface area contributed by atoms with E-state index in [4.69, 9.17) is 5.73 Å². The van der Waals surface area contributed by atoms with Crippen molar-refractivity contribution in [2.24, 2.45) is 5.73 Å². The predicted molar refractivity (Wildman–Crippen MR) is 130 cm³/mol. The van der Waals surface area contributed by atoms with E-state index in [0.29, 0.717) is 40.3 Å². The lowest BCUT2D eigenvalue weighted by Crippen LogP contribution is -2.23. The van der Waals surface area contributed by atoms with Crippen LogP contribution in [0.15, 0.2) is 66.4 Å². The minimum atomic E-state index is -0.289. The number of amides is 1. The zero-order chi connectivity index (χ0) is 23.1. The van der Waals surface area contributed by atoms with Crippen LogP contribution in [-0.4, -0.2) is 22.4 Å². The van der Waals surface area contributed by atoms with Crippen molar-refractivity contribution in [3.63, 3.8) is 0 Å². The molecule has 7 nitrogen and oxygen atoms in total. The Morgan fingerprint density at radius 2 is 1.97 bits per heavy atom. The fraction of sp³-hybridized carbons (Fsp3) is 0.160. The summed E-state index contributed by atoms with van der Waals surface area (Å²) in [5.41, 5.74) is 11.0. The molecule has 0 aliphatic carbocycles. The van der Waals surface area contributed by atoms with E-state index < -0.39 is 0 Å². The number of benzene rings is 1. The van der Waals surface area contributed by atoms with E-state index >= 15 is 0 Å². The number of nitrogens with zero attached hydrogens (tertiary/aromatic N) is 1. The highest BCUT2D eigenvalue weighted by Gasteiger charge is 2.12. The largest absolute Gasteiger partial charge is 0.398 e. The van der Waals surface area contributed by atoms with Gasteiger partial charge in [-0.15, -0.1) is 0 Å². The van der Waals surface area contributed by atoms with Crippen LogP contribution in [-0.2, 0) is 0 Å². The van der Waals surface area contributed by atoms with Crippen molar-refractivity contribution in [1.29, 1.82) is 0 Å². The molecule has 0 unspecified atom stereocenters. The first kappa shape index (κ1) is 22.6. The lowest BCUT2D eigenvalue weighted by atomic mass is 10.0. The number of nitrogens with one attached hydrogen (secondary N) is 3. The molecular formula is C25H27N5O2. The molecule has 2 heterocycles. The smallest absolute Gasteiger partial charge is 0.257 e. The van der Waals surface area contributed by atoms with Gasteiger partial charge in [-0.1, -0.05) is 13.5 Å². The standard InChI is InChI=1S/C25H27N5O2/c1-4-11-28-24(31)18-5-7-20(8-6-18)30-17(3)23-19(10-13-29-25(23)32)14-22(26)21-15-27-12-9-16(21)2/h5-10,12-15,30H,3-4,11,26H2,1-2H3,(H,28,31)(H,29,32)/b22-14-. The van der Waals surface area contributed by atoms with Crippen molar-refractivity contribution in [3.05, 3.63) is 99.7 Å². The summed E-state index contributed by atoms with van der Waals surface area (Å²) in [4.78, 5) is 31.5. The summed E-state index contributed by atoms with van der Waals surface area (Å²) in [7, 11) is 0. The van der Waals surface area contributed by atoms with Crippen molar-refractivity contribution in [3.8, 4) is 0 Å². The zero-order valence-corrected chi connectivity index (χ0v) is 18.2. The lowest BCUT2D eigenvalue weighted by molar-refractivity contribution is 0.0953. The average molecular weight is 430 g/mol. The zero-order valence-electron chi connectivity index (χ0n) is 18.2. The summed E-state index contributed by atoms with van der Waals surface area (Å²) < 4.78 is 0. The molecule has 5 N–H and O–H groups in total. The van der Waals surface area contributed by atoms with Crippen molar-refractivity contribution in [1.82, 2.24) is 15.3 Å². The highest BCUT2D eigenvalue weighted by molar-refractivity contribution is 5.94. The quantitative estimate of drug-likeness (QED) is 0.435. The van der Waals surface area contributed by atoms with Gasteiger partial charge >= 0.3 is 0 Å². The number of aryl methyl sites for hydroxylation is 1. The molecule has 7 heteroatoms. The van der Waals surface area contributed by atoms with Gasteiger partial charge in [-0.2, -0.15) is 0 Å². The Morgan fingerprint density at radius 1 is 1.22 bits per heavy atom. The van der Waals surface area contributed by atoms with Gasteiger partial charge in [-0.3, -0.25) is 14.6 Å².